The quantitative estimate of drug-likeness (QED) is 0.195. The predicted octanol–water partition coefficient (Wildman–Crippen LogP) is 4.15. The Bertz CT molecular complexity index is 942. The molecule has 0 radical (unpaired) electrons. The Balaban J connectivity index is 2.85. The fourth-order valence-corrected chi connectivity index (χ4v) is 2.55. The van der Waals surface area contributed by atoms with Crippen molar-refractivity contribution >= 4 is 40.3 Å². The molecule has 10 heteroatoms. The number of nitrogens with zero attached hydrogens (tertiary/aromatic N) is 2. The molecule has 140 valence electrons. The monoisotopic (exact) mass is 392 g/mol. The third kappa shape index (κ3) is 4.21. The summed E-state index contributed by atoms with van der Waals surface area (Å²) in [5.74, 6) is -1.62. The third-order valence-electron chi connectivity index (χ3n) is 3.49. The molecule has 0 spiro atoms. The fraction of sp³-hybridized carbons (Fsp3) is 0.118. The topological polar surface area (TPSA) is 133 Å². The SMILES string of the molecule is CCOC(=O)C(=C(O)c1ccccc1)c1cc(Cl)c([N+](=O)[O-])cc1[N+](=O)[O-]. The number of nitro groups is 2. The standard InChI is InChI=1S/C17H13ClN2O7/c1-2-27-17(22)15(16(21)10-6-4-3-5-7-10)11-8-12(18)14(20(25)26)9-13(11)19(23)24/h3-9,21H,2H2,1H3. The average Bonchev–Trinajstić information content (AvgIpc) is 2.62. The van der Waals surface area contributed by atoms with Gasteiger partial charge >= 0.3 is 5.97 Å². The van der Waals surface area contributed by atoms with E-state index < -0.39 is 49.1 Å². The van der Waals surface area contributed by atoms with Crippen molar-refractivity contribution in [2.24, 2.45) is 0 Å². The van der Waals surface area contributed by atoms with E-state index in [0.717, 1.165) is 6.07 Å². The molecule has 0 saturated heterocycles. The van der Waals surface area contributed by atoms with E-state index in [9.17, 15) is 30.1 Å². The molecule has 0 aliphatic rings. The van der Waals surface area contributed by atoms with Crippen molar-refractivity contribution in [3.05, 3.63) is 78.8 Å². The number of aliphatic hydroxyl groups excluding tert-OH is 1. The van der Waals surface area contributed by atoms with E-state index >= 15 is 0 Å². The number of carbonyl (C=O) groups excluding carboxylic acids is 1. The molecule has 9 nitrogen and oxygen atoms in total. The van der Waals surface area contributed by atoms with E-state index in [1.54, 1.807) is 18.2 Å². The summed E-state index contributed by atoms with van der Waals surface area (Å²) in [6.45, 7) is 1.46. The summed E-state index contributed by atoms with van der Waals surface area (Å²) in [7, 11) is 0. The zero-order valence-corrected chi connectivity index (χ0v) is 14.7. The van der Waals surface area contributed by atoms with Crippen LogP contribution in [-0.2, 0) is 9.53 Å². The lowest BCUT2D eigenvalue weighted by Gasteiger charge is -2.12. The highest BCUT2D eigenvalue weighted by Gasteiger charge is 2.31. The van der Waals surface area contributed by atoms with Crippen LogP contribution in [-0.4, -0.2) is 27.5 Å². The lowest BCUT2D eigenvalue weighted by Crippen LogP contribution is -2.11. The molecule has 0 saturated carbocycles. The van der Waals surface area contributed by atoms with Crippen molar-refractivity contribution in [1.82, 2.24) is 0 Å². The van der Waals surface area contributed by atoms with Gasteiger partial charge in [0.05, 0.1) is 28.1 Å². The second kappa shape index (κ2) is 8.28. The van der Waals surface area contributed by atoms with Gasteiger partial charge < -0.3 is 9.84 Å². The van der Waals surface area contributed by atoms with Crippen molar-refractivity contribution in [3.63, 3.8) is 0 Å². The van der Waals surface area contributed by atoms with Gasteiger partial charge in [-0.15, -0.1) is 0 Å². The van der Waals surface area contributed by atoms with Gasteiger partial charge in [-0.2, -0.15) is 0 Å². The van der Waals surface area contributed by atoms with Crippen LogP contribution in [0.3, 0.4) is 0 Å². The van der Waals surface area contributed by atoms with E-state index in [1.165, 1.54) is 19.1 Å². The zero-order valence-electron chi connectivity index (χ0n) is 13.9. The number of halogens is 1. The van der Waals surface area contributed by atoms with Crippen LogP contribution in [0, 0.1) is 20.2 Å². The Morgan fingerprint density at radius 3 is 2.22 bits per heavy atom. The first-order valence-corrected chi connectivity index (χ1v) is 7.94. The van der Waals surface area contributed by atoms with Gasteiger partial charge in [0.25, 0.3) is 11.4 Å². The molecule has 0 fully saturated rings. The van der Waals surface area contributed by atoms with E-state index in [4.69, 9.17) is 16.3 Å². The van der Waals surface area contributed by atoms with Gasteiger partial charge in [0.15, 0.2) is 0 Å². The van der Waals surface area contributed by atoms with Crippen LogP contribution in [0.4, 0.5) is 11.4 Å². The van der Waals surface area contributed by atoms with Crippen LogP contribution in [0.2, 0.25) is 5.02 Å². The lowest BCUT2D eigenvalue weighted by atomic mass is 9.98. The molecule has 0 atom stereocenters. The van der Waals surface area contributed by atoms with Gasteiger partial charge in [0.2, 0.25) is 0 Å². The van der Waals surface area contributed by atoms with Crippen molar-refractivity contribution < 1.29 is 24.5 Å². The first-order valence-electron chi connectivity index (χ1n) is 7.56. The minimum Gasteiger partial charge on any atom is -0.506 e. The van der Waals surface area contributed by atoms with Crippen LogP contribution >= 0.6 is 11.6 Å². The summed E-state index contributed by atoms with van der Waals surface area (Å²) < 4.78 is 4.90. The molecule has 0 aromatic heterocycles. The summed E-state index contributed by atoms with van der Waals surface area (Å²) in [4.78, 5) is 33.1. The molecule has 27 heavy (non-hydrogen) atoms. The van der Waals surface area contributed by atoms with E-state index in [0.29, 0.717) is 6.07 Å². The molecule has 2 aromatic carbocycles. The van der Waals surface area contributed by atoms with Crippen molar-refractivity contribution in [2.75, 3.05) is 6.61 Å². The van der Waals surface area contributed by atoms with Gasteiger partial charge in [-0.25, -0.2) is 4.79 Å². The van der Waals surface area contributed by atoms with Crippen LogP contribution < -0.4 is 0 Å². The molecule has 0 aliphatic carbocycles. The molecule has 0 amide bonds. The lowest BCUT2D eigenvalue weighted by molar-refractivity contribution is -0.394. The third-order valence-corrected chi connectivity index (χ3v) is 3.79. The smallest absolute Gasteiger partial charge is 0.342 e. The number of rotatable bonds is 6. The summed E-state index contributed by atoms with van der Waals surface area (Å²) in [5, 5.41) is 32.6. The summed E-state index contributed by atoms with van der Waals surface area (Å²) in [6, 6.07) is 9.34. The molecule has 2 aromatic rings. The highest BCUT2D eigenvalue weighted by molar-refractivity contribution is 6.33. The van der Waals surface area contributed by atoms with Crippen LogP contribution in [0.1, 0.15) is 18.1 Å². The minimum atomic E-state index is -1.04. The number of aliphatic hydroxyl groups is 1. The van der Waals surface area contributed by atoms with Gasteiger partial charge in [-0.3, -0.25) is 20.2 Å². The molecule has 0 unspecified atom stereocenters. The molecule has 1 N–H and O–H groups in total. The average molecular weight is 393 g/mol. The maximum atomic E-state index is 12.4. The van der Waals surface area contributed by atoms with Gasteiger partial charge in [-0.05, 0) is 13.0 Å². The van der Waals surface area contributed by atoms with Crippen molar-refractivity contribution in [1.29, 1.82) is 0 Å². The van der Waals surface area contributed by atoms with Crippen molar-refractivity contribution in [2.45, 2.75) is 6.92 Å². The predicted molar refractivity (Wildman–Crippen MR) is 97.3 cm³/mol. The normalized spacial score (nSPS) is 11.5. The van der Waals surface area contributed by atoms with Gasteiger partial charge in [0, 0.05) is 5.56 Å². The van der Waals surface area contributed by atoms with Gasteiger partial charge in [-0.1, -0.05) is 41.9 Å². The Morgan fingerprint density at radius 1 is 1.11 bits per heavy atom. The number of hydrogen-bond donors (Lipinski definition) is 1. The van der Waals surface area contributed by atoms with Gasteiger partial charge in [0.1, 0.15) is 16.4 Å². The van der Waals surface area contributed by atoms with E-state index in [1.807, 2.05) is 0 Å². The number of ether oxygens (including phenoxy) is 1. The number of hydrogen-bond acceptors (Lipinski definition) is 7. The first-order chi connectivity index (χ1) is 12.8. The van der Waals surface area contributed by atoms with E-state index in [2.05, 4.69) is 0 Å². The highest BCUT2D eigenvalue weighted by Crippen LogP contribution is 2.38. The molecular formula is C17H13ClN2O7. The number of carbonyl (C=O) groups is 1. The Morgan fingerprint density at radius 2 is 1.70 bits per heavy atom. The summed E-state index contributed by atoms with van der Waals surface area (Å²) in [5.41, 5.74) is -2.18. The summed E-state index contributed by atoms with van der Waals surface area (Å²) in [6.07, 6.45) is 0. The Kier molecular flexibility index (Phi) is 6.09. The maximum Gasteiger partial charge on any atom is 0.342 e. The van der Waals surface area contributed by atoms with Crippen LogP contribution in [0.5, 0.6) is 0 Å². The number of esters is 1. The molecule has 0 heterocycles. The van der Waals surface area contributed by atoms with Crippen molar-refractivity contribution in [3.8, 4) is 0 Å². The number of nitro benzene ring substituents is 2. The first kappa shape index (κ1) is 19.9. The Hall–Kier alpha value is -3.46. The van der Waals surface area contributed by atoms with E-state index in [-0.39, 0.29) is 12.2 Å². The highest BCUT2D eigenvalue weighted by atomic mass is 35.5. The second-order valence-electron chi connectivity index (χ2n) is 5.15. The molecule has 0 bridgehead atoms. The maximum absolute atomic E-state index is 12.4. The number of benzene rings is 2. The second-order valence-corrected chi connectivity index (χ2v) is 5.55. The minimum absolute atomic E-state index is 0.0566. The Labute approximate surface area is 157 Å². The molecular weight excluding hydrogens is 380 g/mol. The summed E-state index contributed by atoms with van der Waals surface area (Å²) >= 11 is 5.86. The fourth-order valence-electron chi connectivity index (χ4n) is 2.32. The largest absolute Gasteiger partial charge is 0.506 e. The molecule has 0 aliphatic heterocycles. The molecule has 2 rings (SSSR count). The van der Waals surface area contributed by atoms with Crippen LogP contribution in [0.15, 0.2) is 42.5 Å². The zero-order chi connectivity index (χ0) is 20.1. The van der Waals surface area contributed by atoms with Crippen LogP contribution in [0.25, 0.3) is 11.3 Å².